The SMILES string of the molecule is CCOc1cccc2cc(C(C)NC(=O)c3ccccc3SCc3csc(C)n3)oc12. The maximum atomic E-state index is 13.0. The average Bonchev–Trinajstić information content (AvgIpc) is 3.39. The number of furan rings is 1. The number of nitrogens with zero attached hydrogens (tertiary/aromatic N) is 1. The van der Waals surface area contributed by atoms with Gasteiger partial charge in [-0.1, -0.05) is 24.3 Å². The minimum atomic E-state index is -0.284. The molecule has 0 bridgehead atoms. The Bertz CT molecular complexity index is 1200. The lowest BCUT2D eigenvalue weighted by atomic mass is 10.1. The van der Waals surface area contributed by atoms with Crippen LogP contribution in [-0.4, -0.2) is 17.5 Å². The lowest BCUT2D eigenvalue weighted by Gasteiger charge is -2.13. The van der Waals surface area contributed by atoms with Gasteiger partial charge in [-0.05, 0) is 45.0 Å². The van der Waals surface area contributed by atoms with Crippen LogP contribution in [0.2, 0.25) is 0 Å². The topological polar surface area (TPSA) is 64.4 Å². The van der Waals surface area contributed by atoms with Gasteiger partial charge in [0.25, 0.3) is 5.91 Å². The molecule has 0 aliphatic rings. The molecular weight excluding hydrogens is 428 g/mol. The number of amides is 1. The predicted octanol–water partition coefficient (Wildman–Crippen LogP) is 6.38. The van der Waals surface area contributed by atoms with Crippen molar-refractivity contribution in [2.75, 3.05) is 6.61 Å². The maximum Gasteiger partial charge on any atom is 0.252 e. The summed E-state index contributed by atoms with van der Waals surface area (Å²) in [6.45, 7) is 6.42. The minimum Gasteiger partial charge on any atom is -0.490 e. The molecule has 1 amide bonds. The first-order valence-corrected chi connectivity index (χ1v) is 12.0. The van der Waals surface area contributed by atoms with Crippen LogP contribution in [0.5, 0.6) is 5.75 Å². The first kappa shape index (κ1) is 21.5. The standard InChI is InChI=1S/C24H24N2O3S2/c1-4-28-20-10-7-8-17-12-21(29-23(17)20)15(2)25-24(27)19-9-5-6-11-22(19)31-14-18-13-30-16(3)26-18/h5-13,15H,4,14H2,1-3H3,(H,25,27). The molecule has 1 atom stereocenters. The van der Waals surface area contributed by atoms with Gasteiger partial charge in [0, 0.05) is 21.4 Å². The quantitative estimate of drug-likeness (QED) is 0.314. The third-order valence-corrected chi connectivity index (χ3v) is 6.70. The number of thiazole rings is 1. The van der Waals surface area contributed by atoms with Crippen molar-refractivity contribution in [3.63, 3.8) is 0 Å². The van der Waals surface area contributed by atoms with Crippen LogP contribution < -0.4 is 10.1 Å². The molecule has 0 spiro atoms. The minimum absolute atomic E-state index is 0.129. The van der Waals surface area contributed by atoms with E-state index in [2.05, 4.69) is 15.7 Å². The molecule has 0 radical (unpaired) electrons. The lowest BCUT2D eigenvalue weighted by Crippen LogP contribution is -2.26. The van der Waals surface area contributed by atoms with Gasteiger partial charge in [0.2, 0.25) is 0 Å². The number of carbonyl (C=O) groups is 1. The molecule has 31 heavy (non-hydrogen) atoms. The van der Waals surface area contributed by atoms with Crippen LogP contribution in [-0.2, 0) is 5.75 Å². The van der Waals surface area contributed by atoms with Crippen molar-refractivity contribution in [1.82, 2.24) is 10.3 Å². The smallest absolute Gasteiger partial charge is 0.252 e. The molecule has 5 nitrogen and oxygen atoms in total. The number of ether oxygens (including phenoxy) is 1. The average molecular weight is 453 g/mol. The number of hydrogen-bond acceptors (Lipinski definition) is 6. The second-order valence-electron chi connectivity index (χ2n) is 7.09. The van der Waals surface area contributed by atoms with Crippen LogP contribution in [0.4, 0.5) is 0 Å². The summed E-state index contributed by atoms with van der Waals surface area (Å²) < 4.78 is 11.7. The van der Waals surface area contributed by atoms with Crippen molar-refractivity contribution < 1.29 is 13.9 Å². The van der Waals surface area contributed by atoms with Crippen molar-refractivity contribution in [3.8, 4) is 5.75 Å². The Kier molecular flexibility index (Phi) is 6.63. The Labute approximate surface area is 189 Å². The monoisotopic (exact) mass is 452 g/mol. The molecule has 0 aliphatic heterocycles. The Hall–Kier alpha value is -2.77. The second kappa shape index (κ2) is 9.58. The summed E-state index contributed by atoms with van der Waals surface area (Å²) >= 11 is 3.26. The molecule has 0 saturated carbocycles. The van der Waals surface area contributed by atoms with Gasteiger partial charge in [-0.15, -0.1) is 23.1 Å². The zero-order valence-electron chi connectivity index (χ0n) is 17.7. The normalized spacial score (nSPS) is 12.1. The molecule has 2 aromatic heterocycles. The number of para-hydroxylation sites is 1. The van der Waals surface area contributed by atoms with E-state index in [0.29, 0.717) is 29.3 Å². The zero-order valence-corrected chi connectivity index (χ0v) is 19.3. The number of rotatable bonds is 8. The van der Waals surface area contributed by atoms with E-state index in [1.165, 1.54) is 0 Å². The highest BCUT2D eigenvalue weighted by atomic mass is 32.2. The lowest BCUT2D eigenvalue weighted by molar-refractivity contribution is 0.0932. The van der Waals surface area contributed by atoms with Gasteiger partial charge in [0.05, 0.1) is 28.9 Å². The van der Waals surface area contributed by atoms with E-state index >= 15 is 0 Å². The molecule has 1 N–H and O–H groups in total. The maximum absolute atomic E-state index is 13.0. The van der Waals surface area contributed by atoms with E-state index < -0.39 is 0 Å². The number of aromatic nitrogens is 1. The highest BCUT2D eigenvalue weighted by Gasteiger charge is 2.19. The zero-order chi connectivity index (χ0) is 21.8. The van der Waals surface area contributed by atoms with Crippen LogP contribution in [0.15, 0.2) is 63.2 Å². The van der Waals surface area contributed by atoms with Crippen LogP contribution in [0, 0.1) is 6.92 Å². The molecule has 4 rings (SSSR count). The van der Waals surface area contributed by atoms with Crippen molar-refractivity contribution in [3.05, 3.63) is 75.9 Å². The fraction of sp³-hybridized carbons (Fsp3) is 0.250. The van der Waals surface area contributed by atoms with E-state index in [1.807, 2.05) is 69.3 Å². The fourth-order valence-corrected chi connectivity index (χ4v) is 4.95. The van der Waals surface area contributed by atoms with Crippen molar-refractivity contribution in [1.29, 1.82) is 0 Å². The van der Waals surface area contributed by atoms with E-state index in [1.54, 1.807) is 23.1 Å². The molecule has 0 fully saturated rings. The first-order valence-electron chi connectivity index (χ1n) is 10.1. The molecule has 160 valence electrons. The van der Waals surface area contributed by atoms with E-state index in [4.69, 9.17) is 9.15 Å². The summed E-state index contributed by atoms with van der Waals surface area (Å²) in [5, 5.41) is 7.13. The number of fused-ring (bicyclic) bond motifs is 1. The second-order valence-corrected chi connectivity index (χ2v) is 9.17. The van der Waals surface area contributed by atoms with Crippen molar-refractivity contribution in [2.45, 2.75) is 37.5 Å². The van der Waals surface area contributed by atoms with Crippen LogP contribution >= 0.6 is 23.1 Å². The molecule has 0 aliphatic carbocycles. The number of thioether (sulfide) groups is 1. The van der Waals surface area contributed by atoms with Crippen molar-refractivity contribution in [2.24, 2.45) is 0 Å². The Balaban J connectivity index is 1.49. The molecule has 7 heteroatoms. The summed E-state index contributed by atoms with van der Waals surface area (Å²) in [5.41, 5.74) is 2.39. The fourth-order valence-electron chi connectivity index (χ4n) is 3.29. The highest BCUT2D eigenvalue weighted by Crippen LogP contribution is 2.32. The number of aryl methyl sites for hydroxylation is 1. The van der Waals surface area contributed by atoms with Gasteiger partial charge < -0.3 is 14.5 Å². The Morgan fingerprint density at radius 3 is 2.87 bits per heavy atom. The van der Waals surface area contributed by atoms with Crippen LogP contribution in [0.25, 0.3) is 11.0 Å². The van der Waals surface area contributed by atoms with Gasteiger partial charge in [-0.3, -0.25) is 4.79 Å². The van der Waals surface area contributed by atoms with Gasteiger partial charge in [0.1, 0.15) is 5.76 Å². The first-order chi connectivity index (χ1) is 15.0. The summed E-state index contributed by atoms with van der Waals surface area (Å²) in [4.78, 5) is 18.5. The molecule has 1 unspecified atom stereocenters. The van der Waals surface area contributed by atoms with Gasteiger partial charge in [-0.2, -0.15) is 0 Å². The molecule has 0 saturated heterocycles. The van der Waals surface area contributed by atoms with Crippen LogP contribution in [0.3, 0.4) is 0 Å². The number of nitrogens with one attached hydrogen (secondary N) is 1. The third-order valence-electron chi connectivity index (χ3n) is 4.78. The largest absolute Gasteiger partial charge is 0.490 e. The Morgan fingerprint density at radius 2 is 2.10 bits per heavy atom. The van der Waals surface area contributed by atoms with Crippen LogP contribution in [0.1, 0.15) is 46.7 Å². The molecule has 2 aromatic carbocycles. The number of benzene rings is 2. The van der Waals surface area contributed by atoms with Crippen molar-refractivity contribution >= 4 is 40.0 Å². The summed E-state index contributed by atoms with van der Waals surface area (Å²) in [6, 6.07) is 15.1. The highest BCUT2D eigenvalue weighted by molar-refractivity contribution is 7.98. The van der Waals surface area contributed by atoms with E-state index in [0.717, 1.165) is 26.7 Å². The molecule has 2 heterocycles. The number of carbonyl (C=O) groups excluding carboxylic acids is 1. The summed E-state index contributed by atoms with van der Waals surface area (Å²) in [5.74, 6) is 2.01. The van der Waals surface area contributed by atoms with Gasteiger partial charge >= 0.3 is 0 Å². The van der Waals surface area contributed by atoms with E-state index in [-0.39, 0.29) is 11.9 Å². The summed E-state index contributed by atoms with van der Waals surface area (Å²) in [7, 11) is 0. The molecular formula is C24H24N2O3S2. The summed E-state index contributed by atoms with van der Waals surface area (Å²) in [6.07, 6.45) is 0. The van der Waals surface area contributed by atoms with E-state index in [9.17, 15) is 4.79 Å². The van der Waals surface area contributed by atoms with Gasteiger partial charge in [0.15, 0.2) is 11.3 Å². The number of hydrogen-bond donors (Lipinski definition) is 1. The van der Waals surface area contributed by atoms with Gasteiger partial charge in [-0.25, -0.2) is 4.98 Å². The predicted molar refractivity (Wildman–Crippen MR) is 126 cm³/mol. The Morgan fingerprint density at radius 1 is 1.26 bits per heavy atom. The third kappa shape index (κ3) is 4.94. The molecule has 4 aromatic rings.